The van der Waals surface area contributed by atoms with Crippen molar-refractivity contribution in [1.82, 2.24) is 10.2 Å². The van der Waals surface area contributed by atoms with Crippen LogP contribution in [0.5, 0.6) is 0 Å². The van der Waals surface area contributed by atoms with Gasteiger partial charge in [0.1, 0.15) is 0 Å². The molecule has 1 heterocycles. The number of benzene rings is 1. The summed E-state index contributed by atoms with van der Waals surface area (Å²) in [6.45, 7) is 6.56. The van der Waals surface area contributed by atoms with Gasteiger partial charge in [-0.1, -0.05) is 22.0 Å². The van der Waals surface area contributed by atoms with E-state index in [1.54, 1.807) is 0 Å². The maximum absolute atomic E-state index is 12.3. The lowest BCUT2D eigenvalue weighted by Gasteiger charge is -2.32. The molecule has 0 aliphatic carbocycles. The Kier molecular flexibility index (Phi) is 5.63. The standard InChI is InChI=1S/C13H17BrN2O.ClH/c1-9-3-4-11(7-12(9)14)13(17)16-6-5-15-10(2)8-16;/h3-4,7,10,15H,5-6,8H2,1-2H3;1H/t10-;/m1./s1. The molecule has 18 heavy (non-hydrogen) atoms. The summed E-state index contributed by atoms with van der Waals surface area (Å²) < 4.78 is 0.992. The van der Waals surface area contributed by atoms with E-state index in [1.165, 1.54) is 0 Å². The van der Waals surface area contributed by atoms with E-state index < -0.39 is 0 Å². The molecule has 2 rings (SSSR count). The number of rotatable bonds is 1. The summed E-state index contributed by atoms with van der Waals surface area (Å²) in [4.78, 5) is 14.2. The van der Waals surface area contributed by atoms with E-state index in [1.807, 2.05) is 30.0 Å². The second-order valence-electron chi connectivity index (χ2n) is 4.57. The first-order chi connectivity index (χ1) is 8.08. The minimum atomic E-state index is 0. The number of hydrogen-bond donors (Lipinski definition) is 1. The first-order valence-electron chi connectivity index (χ1n) is 5.87. The Morgan fingerprint density at radius 1 is 1.50 bits per heavy atom. The van der Waals surface area contributed by atoms with Crippen molar-refractivity contribution in [2.24, 2.45) is 0 Å². The molecule has 1 N–H and O–H groups in total. The van der Waals surface area contributed by atoms with Gasteiger partial charge in [-0.3, -0.25) is 4.79 Å². The Balaban J connectivity index is 0.00000162. The van der Waals surface area contributed by atoms with Crippen molar-refractivity contribution >= 4 is 34.2 Å². The van der Waals surface area contributed by atoms with Crippen molar-refractivity contribution in [2.45, 2.75) is 19.9 Å². The van der Waals surface area contributed by atoms with Gasteiger partial charge in [-0.25, -0.2) is 0 Å². The summed E-state index contributed by atoms with van der Waals surface area (Å²) in [7, 11) is 0. The van der Waals surface area contributed by atoms with Gasteiger partial charge >= 0.3 is 0 Å². The highest BCUT2D eigenvalue weighted by molar-refractivity contribution is 9.10. The fourth-order valence-corrected chi connectivity index (χ4v) is 2.40. The average molecular weight is 334 g/mol. The predicted molar refractivity (Wildman–Crippen MR) is 79.5 cm³/mol. The van der Waals surface area contributed by atoms with E-state index in [0.29, 0.717) is 6.04 Å². The predicted octanol–water partition coefficient (Wildman–Crippen LogP) is 2.61. The zero-order valence-corrected chi connectivity index (χ0v) is 13.0. The summed E-state index contributed by atoms with van der Waals surface area (Å²) in [6, 6.07) is 6.16. The molecule has 5 heteroatoms. The van der Waals surface area contributed by atoms with E-state index in [9.17, 15) is 4.79 Å². The summed E-state index contributed by atoms with van der Waals surface area (Å²) in [6.07, 6.45) is 0. The van der Waals surface area contributed by atoms with E-state index in [4.69, 9.17) is 0 Å². The third kappa shape index (κ3) is 3.46. The van der Waals surface area contributed by atoms with Crippen molar-refractivity contribution in [3.05, 3.63) is 33.8 Å². The van der Waals surface area contributed by atoms with Crippen LogP contribution in [-0.4, -0.2) is 36.5 Å². The number of hydrogen-bond acceptors (Lipinski definition) is 2. The third-order valence-electron chi connectivity index (χ3n) is 3.07. The van der Waals surface area contributed by atoms with Crippen LogP contribution in [0.3, 0.4) is 0 Å². The maximum Gasteiger partial charge on any atom is 0.253 e. The van der Waals surface area contributed by atoms with Gasteiger partial charge in [0.25, 0.3) is 5.91 Å². The molecule has 1 aromatic rings. The number of halogens is 2. The van der Waals surface area contributed by atoms with E-state index in [2.05, 4.69) is 28.2 Å². The molecule has 3 nitrogen and oxygen atoms in total. The van der Waals surface area contributed by atoms with Gasteiger partial charge in [-0.15, -0.1) is 12.4 Å². The fourth-order valence-electron chi connectivity index (χ4n) is 2.03. The lowest BCUT2D eigenvalue weighted by atomic mass is 10.1. The number of carbonyl (C=O) groups excluding carboxylic acids is 1. The first-order valence-corrected chi connectivity index (χ1v) is 6.66. The smallest absolute Gasteiger partial charge is 0.253 e. The van der Waals surface area contributed by atoms with Gasteiger partial charge in [0.2, 0.25) is 0 Å². The molecule has 0 aromatic heterocycles. The second-order valence-corrected chi connectivity index (χ2v) is 5.42. The molecule has 1 atom stereocenters. The van der Waals surface area contributed by atoms with Crippen LogP contribution in [0.4, 0.5) is 0 Å². The third-order valence-corrected chi connectivity index (χ3v) is 3.93. The van der Waals surface area contributed by atoms with Gasteiger partial charge in [0.05, 0.1) is 0 Å². The van der Waals surface area contributed by atoms with Crippen molar-refractivity contribution in [3.8, 4) is 0 Å². The van der Waals surface area contributed by atoms with Gasteiger partial charge in [-0.05, 0) is 31.5 Å². The fraction of sp³-hybridized carbons (Fsp3) is 0.462. The number of amides is 1. The molecule has 100 valence electrons. The second kappa shape index (κ2) is 6.55. The van der Waals surface area contributed by atoms with Crippen molar-refractivity contribution in [1.29, 1.82) is 0 Å². The van der Waals surface area contributed by atoms with Crippen LogP contribution >= 0.6 is 28.3 Å². The molecule has 1 aliphatic rings. The summed E-state index contributed by atoms with van der Waals surface area (Å²) in [5, 5.41) is 3.34. The molecule has 0 unspecified atom stereocenters. The zero-order valence-electron chi connectivity index (χ0n) is 10.6. The Morgan fingerprint density at radius 3 is 2.83 bits per heavy atom. The summed E-state index contributed by atoms with van der Waals surface area (Å²) >= 11 is 3.47. The van der Waals surface area contributed by atoms with Crippen molar-refractivity contribution in [2.75, 3.05) is 19.6 Å². The monoisotopic (exact) mass is 332 g/mol. The van der Waals surface area contributed by atoms with Crippen LogP contribution in [-0.2, 0) is 0 Å². The molecule has 1 aromatic carbocycles. The molecule has 0 radical (unpaired) electrons. The van der Waals surface area contributed by atoms with E-state index >= 15 is 0 Å². The molecule has 1 amide bonds. The molecule has 0 spiro atoms. The molecule has 1 saturated heterocycles. The molecule has 1 fully saturated rings. The van der Waals surface area contributed by atoms with E-state index in [0.717, 1.165) is 35.2 Å². The number of nitrogens with zero attached hydrogens (tertiary/aromatic N) is 1. The van der Waals surface area contributed by atoms with Crippen molar-refractivity contribution in [3.63, 3.8) is 0 Å². The van der Waals surface area contributed by atoms with Gasteiger partial charge in [0, 0.05) is 35.7 Å². The highest BCUT2D eigenvalue weighted by atomic mass is 79.9. The number of piperazine rings is 1. The average Bonchev–Trinajstić information content (AvgIpc) is 2.32. The minimum absolute atomic E-state index is 0. The van der Waals surface area contributed by atoms with E-state index in [-0.39, 0.29) is 18.3 Å². The Labute approximate surface area is 122 Å². The Bertz CT molecular complexity index is 439. The van der Waals surface area contributed by atoms with Crippen LogP contribution in [0, 0.1) is 6.92 Å². The number of nitrogens with one attached hydrogen (secondary N) is 1. The lowest BCUT2D eigenvalue weighted by Crippen LogP contribution is -2.51. The van der Waals surface area contributed by atoms with Crippen LogP contribution in [0.2, 0.25) is 0 Å². The Morgan fingerprint density at radius 2 is 2.22 bits per heavy atom. The van der Waals surface area contributed by atoms with Crippen molar-refractivity contribution < 1.29 is 4.79 Å². The molecule has 0 saturated carbocycles. The molecular formula is C13H18BrClN2O. The van der Waals surface area contributed by atoms with Gasteiger partial charge in [-0.2, -0.15) is 0 Å². The highest BCUT2D eigenvalue weighted by Gasteiger charge is 2.21. The summed E-state index contributed by atoms with van der Waals surface area (Å²) in [5.41, 5.74) is 1.91. The van der Waals surface area contributed by atoms with Gasteiger partial charge < -0.3 is 10.2 Å². The van der Waals surface area contributed by atoms with Crippen LogP contribution in [0.15, 0.2) is 22.7 Å². The molecular weight excluding hydrogens is 316 g/mol. The quantitative estimate of drug-likeness (QED) is 0.857. The van der Waals surface area contributed by atoms with Crippen LogP contribution in [0.1, 0.15) is 22.8 Å². The first kappa shape index (κ1) is 15.5. The largest absolute Gasteiger partial charge is 0.336 e. The number of aryl methyl sites for hydroxylation is 1. The SMILES string of the molecule is Cc1ccc(C(=O)N2CCN[C@H](C)C2)cc1Br.Cl. The maximum atomic E-state index is 12.3. The number of carbonyl (C=O) groups is 1. The van der Waals surface area contributed by atoms with Gasteiger partial charge in [0.15, 0.2) is 0 Å². The minimum Gasteiger partial charge on any atom is -0.336 e. The zero-order chi connectivity index (χ0) is 12.4. The van der Waals surface area contributed by atoms with Crippen LogP contribution in [0.25, 0.3) is 0 Å². The topological polar surface area (TPSA) is 32.3 Å². The summed E-state index contributed by atoms with van der Waals surface area (Å²) in [5.74, 6) is 0.124. The Hall–Kier alpha value is -0.580. The normalized spacial score (nSPS) is 19.3. The lowest BCUT2D eigenvalue weighted by molar-refractivity contribution is 0.0709. The molecule has 0 bridgehead atoms. The molecule has 1 aliphatic heterocycles. The highest BCUT2D eigenvalue weighted by Crippen LogP contribution is 2.19. The van der Waals surface area contributed by atoms with Crippen LogP contribution < -0.4 is 5.32 Å².